The Labute approximate surface area is 89.6 Å². The smallest absolute Gasteiger partial charge is 0.230 e. The summed E-state index contributed by atoms with van der Waals surface area (Å²) in [4.78, 5) is 11.5. The van der Waals surface area contributed by atoms with Crippen LogP contribution in [0.4, 0.5) is 0 Å². The predicted molar refractivity (Wildman–Crippen MR) is 59.4 cm³/mol. The Kier molecular flexibility index (Phi) is 4.26. The van der Waals surface area contributed by atoms with Crippen molar-refractivity contribution in [2.75, 3.05) is 12.4 Å². The largest absolute Gasteiger partial charge is 0.394 e. The Morgan fingerprint density at radius 1 is 1.57 bits per heavy atom. The molecule has 0 radical (unpaired) electrons. The summed E-state index contributed by atoms with van der Waals surface area (Å²) in [7, 11) is 0. The van der Waals surface area contributed by atoms with Gasteiger partial charge in [0.1, 0.15) is 0 Å². The zero-order valence-corrected chi connectivity index (χ0v) is 9.69. The number of rotatable bonds is 5. The molecule has 0 aliphatic heterocycles. The summed E-state index contributed by atoms with van der Waals surface area (Å²) in [5.74, 6) is 0.553. The van der Waals surface area contributed by atoms with E-state index in [9.17, 15) is 4.79 Å². The van der Waals surface area contributed by atoms with Crippen LogP contribution in [0.1, 0.15) is 33.1 Å². The van der Waals surface area contributed by atoms with E-state index in [0.717, 1.165) is 19.3 Å². The lowest BCUT2D eigenvalue weighted by molar-refractivity contribution is -0.122. The SMILES string of the molecule is CC(C)SCC(=O)NC1(CO)CCC1. The summed E-state index contributed by atoms with van der Waals surface area (Å²) in [6, 6.07) is 0. The van der Waals surface area contributed by atoms with E-state index in [-0.39, 0.29) is 18.1 Å². The fourth-order valence-electron chi connectivity index (χ4n) is 1.50. The van der Waals surface area contributed by atoms with Crippen molar-refractivity contribution in [3.8, 4) is 0 Å². The molecule has 1 fully saturated rings. The summed E-state index contributed by atoms with van der Waals surface area (Å²) in [6.45, 7) is 4.22. The van der Waals surface area contributed by atoms with Gasteiger partial charge in [0.2, 0.25) is 5.91 Å². The van der Waals surface area contributed by atoms with E-state index in [1.165, 1.54) is 0 Å². The van der Waals surface area contributed by atoms with Gasteiger partial charge in [-0.25, -0.2) is 0 Å². The maximum Gasteiger partial charge on any atom is 0.230 e. The second-order valence-electron chi connectivity index (χ2n) is 4.20. The minimum atomic E-state index is -0.283. The van der Waals surface area contributed by atoms with Gasteiger partial charge in [-0.05, 0) is 24.5 Å². The maximum atomic E-state index is 11.5. The van der Waals surface area contributed by atoms with E-state index in [4.69, 9.17) is 5.11 Å². The number of aliphatic hydroxyl groups excluding tert-OH is 1. The first-order chi connectivity index (χ1) is 6.58. The first kappa shape index (κ1) is 11.9. The van der Waals surface area contributed by atoms with Crippen LogP contribution in [0.15, 0.2) is 0 Å². The molecule has 1 saturated carbocycles. The number of aliphatic hydroxyl groups is 1. The second-order valence-corrected chi connectivity index (χ2v) is 5.76. The van der Waals surface area contributed by atoms with Crippen LogP contribution in [0.3, 0.4) is 0 Å². The number of carbonyl (C=O) groups is 1. The highest BCUT2D eigenvalue weighted by Gasteiger charge is 2.37. The van der Waals surface area contributed by atoms with Crippen molar-refractivity contribution in [2.45, 2.75) is 43.9 Å². The average Bonchev–Trinajstić information content (AvgIpc) is 2.08. The van der Waals surface area contributed by atoms with E-state index in [1.807, 2.05) is 0 Å². The molecule has 3 nitrogen and oxygen atoms in total. The van der Waals surface area contributed by atoms with Crippen LogP contribution in [0.25, 0.3) is 0 Å². The van der Waals surface area contributed by atoms with Crippen molar-refractivity contribution in [1.29, 1.82) is 0 Å². The van der Waals surface area contributed by atoms with Crippen LogP contribution >= 0.6 is 11.8 Å². The quantitative estimate of drug-likeness (QED) is 0.726. The van der Waals surface area contributed by atoms with Gasteiger partial charge in [0.05, 0.1) is 17.9 Å². The Balaban J connectivity index is 2.25. The zero-order valence-electron chi connectivity index (χ0n) is 8.88. The van der Waals surface area contributed by atoms with Crippen molar-refractivity contribution in [1.82, 2.24) is 5.32 Å². The first-order valence-electron chi connectivity index (χ1n) is 5.11. The van der Waals surface area contributed by atoms with Crippen molar-refractivity contribution in [2.24, 2.45) is 0 Å². The third-order valence-electron chi connectivity index (χ3n) is 2.57. The minimum absolute atomic E-state index is 0.0532. The van der Waals surface area contributed by atoms with Gasteiger partial charge in [-0.1, -0.05) is 13.8 Å². The molecule has 82 valence electrons. The van der Waals surface area contributed by atoms with E-state index >= 15 is 0 Å². The van der Waals surface area contributed by atoms with Crippen LogP contribution in [-0.2, 0) is 4.79 Å². The van der Waals surface area contributed by atoms with Crippen LogP contribution in [0.5, 0.6) is 0 Å². The Bertz CT molecular complexity index is 197. The topological polar surface area (TPSA) is 49.3 Å². The highest BCUT2D eigenvalue weighted by molar-refractivity contribution is 8.00. The lowest BCUT2D eigenvalue weighted by Crippen LogP contribution is -2.56. The number of thioether (sulfide) groups is 1. The molecule has 0 saturated heterocycles. The molecule has 0 unspecified atom stereocenters. The number of amides is 1. The Morgan fingerprint density at radius 3 is 2.57 bits per heavy atom. The molecule has 0 aromatic carbocycles. The molecule has 1 rings (SSSR count). The highest BCUT2D eigenvalue weighted by Crippen LogP contribution is 2.31. The van der Waals surface area contributed by atoms with Crippen LogP contribution in [-0.4, -0.2) is 34.2 Å². The van der Waals surface area contributed by atoms with Gasteiger partial charge in [-0.15, -0.1) is 11.8 Å². The lowest BCUT2D eigenvalue weighted by Gasteiger charge is -2.41. The molecular formula is C10H19NO2S. The number of nitrogens with one attached hydrogen (secondary N) is 1. The summed E-state index contributed by atoms with van der Waals surface area (Å²) >= 11 is 1.63. The molecule has 0 bridgehead atoms. The number of hydrogen-bond donors (Lipinski definition) is 2. The summed E-state index contributed by atoms with van der Waals surface area (Å²) < 4.78 is 0. The van der Waals surface area contributed by atoms with Crippen molar-refractivity contribution < 1.29 is 9.90 Å². The van der Waals surface area contributed by atoms with E-state index in [1.54, 1.807) is 11.8 Å². The van der Waals surface area contributed by atoms with E-state index in [2.05, 4.69) is 19.2 Å². The van der Waals surface area contributed by atoms with Crippen molar-refractivity contribution in [3.63, 3.8) is 0 Å². The minimum Gasteiger partial charge on any atom is -0.394 e. The van der Waals surface area contributed by atoms with Gasteiger partial charge in [-0.2, -0.15) is 0 Å². The molecule has 1 amide bonds. The molecule has 2 N–H and O–H groups in total. The maximum absolute atomic E-state index is 11.5. The van der Waals surface area contributed by atoms with Gasteiger partial charge in [0.15, 0.2) is 0 Å². The van der Waals surface area contributed by atoms with E-state index < -0.39 is 0 Å². The van der Waals surface area contributed by atoms with Gasteiger partial charge in [0.25, 0.3) is 0 Å². The van der Waals surface area contributed by atoms with Crippen molar-refractivity contribution in [3.05, 3.63) is 0 Å². The zero-order chi connectivity index (χ0) is 10.6. The monoisotopic (exact) mass is 217 g/mol. The standard InChI is InChI=1S/C10H19NO2S/c1-8(2)14-6-9(13)11-10(7-12)4-3-5-10/h8,12H,3-7H2,1-2H3,(H,11,13). The van der Waals surface area contributed by atoms with Gasteiger partial charge in [0, 0.05) is 0 Å². The third-order valence-corrected chi connectivity index (χ3v) is 3.66. The van der Waals surface area contributed by atoms with Crippen LogP contribution < -0.4 is 5.32 Å². The summed E-state index contributed by atoms with van der Waals surface area (Å²) in [5, 5.41) is 12.5. The molecule has 0 spiro atoms. The predicted octanol–water partition coefficient (Wildman–Crippen LogP) is 1.16. The normalized spacial score (nSPS) is 19.1. The first-order valence-corrected chi connectivity index (χ1v) is 6.16. The van der Waals surface area contributed by atoms with Crippen LogP contribution in [0.2, 0.25) is 0 Å². The second kappa shape index (κ2) is 5.03. The average molecular weight is 217 g/mol. The van der Waals surface area contributed by atoms with E-state index in [0.29, 0.717) is 11.0 Å². The number of carbonyl (C=O) groups excluding carboxylic acids is 1. The summed E-state index contributed by atoms with van der Waals surface area (Å²) in [6.07, 6.45) is 2.95. The molecule has 4 heteroatoms. The molecule has 0 heterocycles. The molecule has 1 aliphatic rings. The van der Waals surface area contributed by atoms with Crippen molar-refractivity contribution >= 4 is 17.7 Å². The third kappa shape index (κ3) is 3.17. The molecular weight excluding hydrogens is 198 g/mol. The Morgan fingerprint density at radius 2 is 2.21 bits per heavy atom. The highest BCUT2D eigenvalue weighted by atomic mass is 32.2. The van der Waals surface area contributed by atoms with Gasteiger partial charge < -0.3 is 10.4 Å². The van der Waals surface area contributed by atoms with Gasteiger partial charge >= 0.3 is 0 Å². The Hall–Kier alpha value is -0.220. The summed E-state index contributed by atoms with van der Waals surface area (Å²) in [5.41, 5.74) is -0.283. The number of hydrogen-bond acceptors (Lipinski definition) is 3. The fraction of sp³-hybridized carbons (Fsp3) is 0.900. The fourth-order valence-corrected chi connectivity index (χ4v) is 2.06. The lowest BCUT2D eigenvalue weighted by atomic mass is 9.77. The molecule has 0 aromatic rings. The molecule has 0 aromatic heterocycles. The molecule has 14 heavy (non-hydrogen) atoms. The molecule has 0 atom stereocenters. The van der Waals surface area contributed by atoms with Crippen LogP contribution in [0, 0.1) is 0 Å². The molecule has 1 aliphatic carbocycles. The van der Waals surface area contributed by atoms with Gasteiger partial charge in [-0.3, -0.25) is 4.79 Å².